The van der Waals surface area contributed by atoms with E-state index in [1.54, 1.807) is 0 Å². The molecule has 3 unspecified atom stereocenters. The predicted molar refractivity (Wildman–Crippen MR) is 102 cm³/mol. The minimum Gasteiger partial charge on any atom is -0.349 e. The van der Waals surface area contributed by atoms with Crippen molar-refractivity contribution in [2.75, 3.05) is 5.32 Å². The molecule has 26 heavy (non-hydrogen) atoms. The second-order valence-corrected chi connectivity index (χ2v) is 6.92. The molecule has 0 saturated heterocycles. The highest BCUT2D eigenvalue weighted by Gasteiger charge is 2.24. The van der Waals surface area contributed by atoms with Crippen molar-refractivity contribution in [3.8, 4) is 0 Å². The molecule has 5 nitrogen and oxygen atoms in total. The molecule has 0 radical (unpaired) electrons. The molecule has 0 aliphatic carbocycles. The highest BCUT2D eigenvalue weighted by atomic mass is 16.2. The van der Waals surface area contributed by atoms with Gasteiger partial charge in [-0.25, -0.2) is 0 Å². The molecule has 0 saturated carbocycles. The van der Waals surface area contributed by atoms with Crippen molar-refractivity contribution in [3.05, 3.63) is 65.2 Å². The third kappa shape index (κ3) is 3.94. The number of carbonyl (C=O) groups is 2. The van der Waals surface area contributed by atoms with Gasteiger partial charge >= 0.3 is 0 Å². The lowest BCUT2D eigenvalue weighted by atomic mass is 9.93. The summed E-state index contributed by atoms with van der Waals surface area (Å²) in [5.74, 6) is -0.355. The molecule has 0 aromatic heterocycles. The summed E-state index contributed by atoms with van der Waals surface area (Å²) < 4.78 is 0. The van der Waals surface area contributed by atoms with Gasteiger partial charge in [0.2, 0.25) is 11.8 Å². The number of aryl methyl sites for hydroxylation is 1. The Morgan fingerprint density at radius 1 is 1.08 bits per heavy atom. The summed E-state index contributed by atoms with van der Waals surface area (Å²) in [5, 5.41) is 5.93. The number of amides is 2. The number of fused-ring (bicyclic) bond motifs is 1. The Hall–Kier alpha value is -2.66. The normalized spacial score (nSPS) is 16.8. The van der Waals surface area contributed by atoms with Crippen molar-refractivity contribution < 1.29 is 9.59 Å². The molecule has 5 heteroatoms. The molecule has 0 spiro atoms. The number of nitrogens with two attached hydrogens (primary N) is 1. The summed E-state index contributed by atoms with van der Waals surface area (Å²) in [6, 6.07) is 15.1. The molecule has 2 aromatic carbocycles. The van der Waals surface area contributed by atoms with E-state index in [-0.39, 0.29) is 29.8 Å². The molecule has 4 N–H and O–H groups in total. The molecule has 0 fully saturated rings. The zero-order valence-electron chi connectivity index (χ0n) is 15.2. The Morgan fingerprint density at radius 3 is 2.54 bits per heavy atom. The van der Waals surface area contributed by atoms with Crippen molar-refractivity contribution in [2.24, 2.45) is 11.7 Å². The molecule has 0 bridgehead atoms. The number of hydrogen-bond acceptors (Lipinski definition) is 3. The first-order valence-corrected chi connectivity index (χ1v) is 8.99. The van der Waals surface area contributed by atoms with E-state index >= 15 is 0 Å². The van der Waals surface area contributed by atoms with Crippen LogP contribution in [0.5, 0.6) is 0 Å². The molecular formula is C21H25N3O2. The third-order valence-electron chi connectivity index (χ3n) is 5.02. The van der Waals surface area contributed by atoms with Crippen LogP contribution >= 0.6 is 0 Å². The molecule has 1 aliphatic heterocycles. The monoisotopic (exact) mass is 351 g/mol. The number of hydrogen-bond donors (Lipinski definition) is 3. The van der Waals surface area contributed by atoms with E-state index in [4.69, 9.17) is 5.73 Å². The Morgan fingerprint density at radius 2 is 1.81 bits per heavy atom. The Kier molecular flexibility index (Phi) is 5.38. The van der Waals surface area contributed by atoms with Gasteiger partial charge in [0.05, 0.1) is 12.0 Å². The van der Waals surface area contributed by atoms with Gasteiger partial charge in [-0.15, -0.1) is 0 Å². The van der Waals surface area contributed by atoms with Crippen LogP contribution in [-0.4, -0.2) is 11.8 Å². The van der Waals surface area contributed by atoms with Crippen molar-refractivity contribution in [2.45, 2.75) is 38.8 Å². The van der Waals surface area contributed by atoms with Gasteiger partial charge in [-0.1, -0.05) is 49.4 Å². The number of anilines is 1. The molecule has 1 aliphatic rings. The molecule has 3 atom stereocenters. The maximum absolute atomic E-state index is 12.6. The summed E-state index contributed by atoms with van der Waals surface area (Å²) in [5.41, 5.74) is 10.2. The van der Waals surface area contributed by atoms with Crippen LogP contribution in [0.2, 0.25) is 0 Å². The summed E-state index contributed by atoms with van der Waals surface area (Å²) in [6.45, 7) is 3.81. The average Bonchev–Trinajstić information content (AvgIpc) is 2.66. The smallest absolute Gasteiger partial charge is 0.225 e. The maximum atomic E-state index is 12.6. The van der Waals surface area contributed by atoms with Crippen molar-refractivity contribution >= 4 is 17.5 Å². The standard InChI is InChI=1S/C21H25N3O2/c1-13(20(22)15-6-4-3-5-7-15)21(26)23-14(2)16-8-10-18-17(12-16)9-11-19(25)24-18/h3-8,10,12-14,20H,9,11,22H2,1-2H3,(H,23,26)(H,24,25). The molecule has 1 heterocycles. The van der Waals surface area contributed by atoms with Crippen LogP contribution in [0.1, 0.15) is 49.0 Å². The summed E-state index contributed by atoms with van der Waals surface area (Å²) >= 11 is 0. The summed E-state index contributed by atoms with van der Waals surface area (Å²) in [7, 11) is 0. The van der Waals surface area contributed by atoms with Gasteiger partial charge in [-0.3, -0.25) is 9.59 Å². The molecule has 3 rings (SSSR count). The summed E-state index contributed by atoms with van der Waals surface area (Å²) in [4.78, 5) is 24.1. The zero-order chi connectivity index (χ0) is 18.7. The van der Waals surface area contributed by atoms with Crippen molar-refractivity contribution in [1.29, 1.82) is 0 Å². The fourth-order valence-electron chi connectivity index (χ4n) is 3.23. The van der Waals surface area contributed by atoms with E-state index in [0.717, 1.165) is 28.8 Å². The molecule has 2 amide bonds. The van der Waals surface area contributed by atoms with Gasteiger partial charge in [-0.2, -0.15) is 0 Å². The van der Waals surface area contributed by atoms with E-state index < -0.39 is 0 Å². The van der Waals surface area contributed by atoms with E-state index in [9.17, 15) is 9.59 Å². The van der Waals surface area contributed by atoms with E-state index in [2.05, 4.69) is 16.7 Å². The average molecular weight is 351 g/mol. The number of benzene rings is 2. The van der Waals surface area contributed by atoms with Crippen LogP contribution in [0.3, 0.4) is 0 Å². The lowest BCUT2D eigenvalue weighted by molar-refractivity contribution is -0.125. The summed E-state index contributed by atoms with van der Waals surface area (Å²) in [6.07, 6.45) is 1.23. The lowest BCUT2D eigenvalue weighted by Crippen LogP contribution is -2.37. The van der Waals surface area contributed by atoms with E-state index in [1.165, 1.54) is 0 Å². The lowest BCUT2D eigenvalue weighted by Gasteiger charge is -2.24. The zero-order valence-corrected chi connectivity index (χ0v) is 15.2. The SMILES string of the molecule is CC(NC(=O)C(C)C(N)c1ccccc1)c1ccc2c(c1)CCC(=O)N2. The predicted octanol–water partition coefficient (Wildman–Crippen LogP) is 3.08. The Bertz CT molecular complexity index is 804. The quantitative estimate of drug-likeness (QED) is 0.774. The third-order valence-corrected chi connectivity index (χ3v) is 5.02. The number of carbonyl (C=O) groups excluding carboxylic acids is 2. The van der Waals surface area contributed by atoms with Gasteiger partial charge in [0.15, 0.2) is 0 Å². The highest BCUT2D eigenvalue weighted by Crippen LogP contribution is 2.27. The van der Waals surface area contributed by atoms with Gasteiger partial charge in [0.25, 0.3) is 0 Å². The fourth-order valence-corrected chi connectivity index (χ4v) is 3.23. The van der Waals surface area contributed by atoms with E-state index in [1.807, 2.05) is 56.3 Å². The molecular weight excluding hydrogens is 326 g/mol. The van der Waals surface area contributed by atoms with Crippen molar-refractivity contribution in [3.63, 3.8) is 0 Å². The first-order valence-electron chi connectivity index (χ1n) is 8.99. The maximum Gasteiger partial charge on any atom is 0.225 e. The van der Waals surface area contributed by atoms with E-state index in [0.29, 0.717) is 6.42 Å². The number of nitrogens with one attached hydrogen (secondary N) is 2. The minimum absolute atomic E-state index is 0.0512. The van der Waals surface area contributed by atoms with Crippen LogP contribution in [0.25, 0.3) is 0 Å². The Labute approximate surface area is 154 Å². The fraction of sp³-hybridized carbons (Fsp3) is 0.333. The molecule has 2 aromatic rings. The first-order chi connectivity index (χ1) is 12.5. The molecule has 136 valence electrons. The largest absolute Gasteiger partial charge is 0.349 e. The van der Waals surface area contributed by atoms with Crippen LogP contribution in [-0.2, 0) is 16.0 Å². The van der Waals surface area contributed by atoms with Gasteiger partial charge in [0.1, 0.15) is 0 Å². The highest BCUT2D eigenvalue weighted by molar-refractivity contribution is 5.93. The topological polar surface area (TPSA) is 84.2 Å². The van der Waals surface area contributed by atoms with Crippen LogP contribution in [0, 0.1) is 5.92 Å². The second kappa shape index (κ2) is 7.70. The van der Waals surface area contributed by atoms with Gasteiger partial charge in [-0.05, 0) is 36.1 Å². The van der Waals surface area contributed by atoms with Crippen molar-refractivity contribution in [1.82, 2.24) is 5.32 Å². The first kappa shape index (κ1) is 18.1. The van der Waals surface area contributed by atoms with Gasteiger partial charge in [0, 0.05) is 18.2 Å². The Balaban J connectivity index is 1.66. The minimum atomic E-state index is -0.345. The van der Waals surface area contributed by atoms with Crippen LogP contribution in [0.4, 0.5) is 5.69 Å². The second-order valence-electron chi connectivity index (χ2n) is 6.92. The number of rotatable bonds is 5. The van der Waals surface area contributed by atoms with Crippen LogP contribution in [0.15, 0.2) is 48.5 Å². The van der Waals surface area contributed by atoms with Crippen LogP contribution < -0.4 is 16.4 Å². The van der Waals surface area contributed by atoms with Gasteiger partial charge < -0.3 is 16.4 Å².